The molecule has 0 aliphatic rings. The van der Waals surface area contributed by atoms with Crippen LogP contribution < -0.4 is 10.9 Å². The van der Waals surface area contributed by atoms with Crippen LogP contribution >= 0.6 is 23.4 Å². The third-order valence-electron chi connectivity index (χ3n) is 4.13. The van der Waals surface area contributed by atoms with Gasteiger partial charge >= 0.3 is 0 Å². The lowest BCUT2D eigenvalue weighted by Crippen LogP contribution is -2.25. The van der Waals surface area contributed by atoms with E-state index in [0.29, 0.717) is 23.4 Å². The second-order valence-corrected chi connectivity index (χ2v) is 7.73. The van der Waals surface area contributed by atoms with Crippen LogP contribution in [0.5, 0.6) is 0 Å². The van der Waals surface area contributed by atoms with E-state index in [1.54, 1.807) is 11.8 Å². The summed E-state index contributed by atoms with van der Waals surface area (Å²) in [7, 11) is 0. The first-order valence-electron chi connectivity index (χ1n) is 8.98. The molecule has 1 N–H and O–H groups in total. The average molecular weight is 425 g/mol. The van der Waals surface area contributed by atoms with Gasteiger partial charge in [-0.2, -0.15) is 4.98 Å². The molecule has 0 atom stereocenters. The van der Waals surface area contributed by atoms with Gasteiger partial charge in [0.2, 0.25) is 5.28 Å². The van der Waals surface area contributed by atoms with Gasteiger partial charge in [-0.25, -0.2) is 9.97 Å². The molecule has 0 unspecified atom stereocenters. The Morgan fingerprint density at radius 2 is 1.90 bits per heavy atom. The van der Waals surface area contributed by atoms with Gasteiger partial charge in [0.15, 0.2) is 11.5 Å². The standard InChI is InChI=1S/C20H17ClN6OS/c1-2-29-15-9-8-13(22-11-15)10-23-17-19(28)27(14-6-4-3-5-7-14)18-16(25-17)12-24-20(21)26-18/h3-9,11-12H,2,10H2,1H3,(H,23,25). The summed E-state index contributed by atoms with van der Waals surface area (Å²) in [5.41, 5.74) is 1.97. The smallest absolute Gasteiger partial charge is 0.299 e. The molecule has 0 saturated heterocycles. The van der Waals surface area contributed by atoms with Crippen LogP contribution in [0.15, 0.2) is 64.5 Å². The molecule has 0 aliphatic carbocycles. The van der Waals surface area contributed by atoms with E-state index in [2.05, 4.69) is 32.2 Å². The molecule has 4 aromatic rings. The SMILES string of the molecule is CCSc1ccc(CNc2nc3cnc(Cl)nc3n(-c3ccccc3)c2=O)nc1. The van der Waals surface area contributed by atoms with Crippen molar-refractivity contribution in [2.24, 2.45) is 0 Å². The van der Waals surface area contributed by atoms with Gasteiger partial charge in [0, 0.05) is 11.1 Å². The summed E-state index contributed by atoms with van der Waals surface area (Å²) >= 11 is 7.69. The minimum atomic E-state index is -0.323. The van der Waals surface area contributed by atoms with Crippen LogP contribution in [0.3, 0.4) is 0 Å². The highest BCUT2D eigenvalue weighted by molar-refractivity contribution is 7.99. The van der Waals surface area contributed by atoms with E-state index in [9.17, 15) is 4.79 Å². The van der Waals surface area contributed by atoms with E-state index in [0.717, 1.165) is 16.3 Å². The van der Waals surface area contributed by atoms with Gasteiger partial charge in [0.1, 0.15) is 5.52 Å². The van der Waals surface area contributed by atoms with E-state index in [1.807, 2.05) is 48.7 Å². The number of nitrogens with one attached hydrogen (secondary N) is 1. The number of hydrogen-bond donors (Lipinski definition) is 1. The molecule has 0 aliphatic heterocycles. The van der Waals surface area contributed by atoms with Crippen LogP contribution in [-0.2, 0) is 6.54 Å². The first kappa shape index (κ1) is 19.4. The maximum atomic E-state index is 13.2. The molecule has 0 fully saturated rings. The average Bonchev–Trinajstić information content (AvgIpc) is 2.74. The van der Waals surface area contributed by atoms with Crippen LogP contribution in [-0.4, -0.2) is 30.3 Å². The Balaban J connectivity index is 1.72. The predicted molar refractivity (Wildman–Crippen MR) is 116 cm³/mol. The lowest BCUT2D eigenvalue weighted by atomic mass is 10.3. The number of benzene rings is 1. The van der Waals surface area contributed by atoms with Crippen molar-refractivity contribution in [3.63, 3.8) is 0 Å². The molecule has 0 radical (unpaired) electrons. The largest absolute Gasteiger partial charge is 0.360 e. The Morgan fingerprint density at radius 1 is 1.07 bits per heavy atom. The molecular formula is C20H17ClN6OS. The summed E-state index contributed by atoms with van der Waals surface area (Å²) < 4.78 is 1.48. The van der Waals surface area contributed by atoms with Gasteiger partial charge in [-0.3, -0.25) is 14.3 Å². The number of fused-ring (bicyclic) bond motifs is 1. The highest BCUT2D eigenvalue weighted by Crippen LogP contribution is 2.18. The topological polar surface area (TPSA) is 85.6 Å². The van der Waals surface area contributed by atoms with Gasteiger partial charge < -0.3 is 5.32 Å². The summed E-state index contributed by atoms with van der Waals surface area (Å²) in [6.07, 6.45) is 3.33. The Morgan fingerprint density at radius 3 is 2.62 bits per heavy atom. The molecule has 29 heavy (non-hydrogen) atoms. The molecule has 146 valence electrons. The van der Waals surface area contributed by atoms with Crippen molar-refractivity contribution >= 4 is 40.3 Å². The van der Waals surface area contributed by atoms with Gasteiger partial charge in [-0.1, -0.05) is 25.1 Å². The fourth-order valence-corrected chi connectivity index (χ4v) is 3.59. The Labute approximate surface area is 176 Å². The summed E-state index contributed by atoms with van der Waals surface area (Å²) in [6, 6.07) is 13.2. The number of aromatic nitrogens is 5. The number of rotatable bonds is 6. The number of pyridine rings is 1. The molecule has 0 amide bonds. The van der Waals surface area contributed by atoms with Gasteiger partial charge in [0.25, 0.3) is 5.56 Å². The number of hydrogen-bond acceptors (Lipinski definition) is 7. The fraction of sp³-hybridized carbons (Fsp3) is 0.150. The van der Waals surface area contributed by atoms with Crippen LogP contribution in [0.2, 0.25) is 5.28 Å². The van der Waals surface area contributed by atoms with E-state index in [4.69, 9.17) is 11.6 Å². The summed E-state index contributed by atoms with van der Waals surface area (Å²) in [4.78, 5) is 31.3. The minimum Gasteiger partial charge on any atom is -0.360 e. The summed E-state index contributed by atoms with van der Waals surface area (Å²) in [5.74, 6) is 1.19. The van der Waals surface area contributed by atoms with E-state index >= 15 is 0 Å². The van der Waals surface area contributed by atoms with Crippen molar-refractivity contribution in [1.29, 1.82) is 0 Å². The molecule has 9 heteroatoms. The number of para-hydroxylation sites is 1. The number of halogens is 1. The molecule has 3 aromatic heterocycles. The zero-order valence-electron chi connectivity index (χ0n) is 15.5. The highest BCUT2D eigenvalue weighted by Gasteiger charge is 2.14. The number of thioether (sulfide) groups is 1. The highest BCUT2D eigenvalue weighted by atomic mass is 35.5. The quantitative estimate of drug-likeness (QED) is 0.370. The third-order valence-corrected chi connectivity index (χ3v) is 5.18. The van der Waals surface area contributed by atoms with Crippen LogP contribution in [0.4, 0.5) is 5.82 Å². The van der Waals surface area contributed by atoms with Crippen molar-refractivity contribution in [3.05, 3.63) is 76.2 Å². The van der Waals surface area contributed by atoms with E-state index in [-0.39, 0.29) is 16.7 Å². The first-order chi connectivity index (χ1) is 14.2. The van der Waals surface area contributed by atoms with Gasteiger partial charge in [0.05, 0.1) is 24.1 Å². The first-order valence-corrected chi connectivity index (χ1v) is 10.3. The van der Waals surface area contributed by atoms with Crippen LogP contribution in [0, 0.1) is 0 Å². The molecule has 3 heterocycles. The number of nitrogens with zero attached hydrogens (tertiary/aromatic N) is 5. The van der Waals surface area contributed by atoms with Crippen molar-refractivity contribution in [3.8, 4) is 5.69 Å². The number of anilines is 1. The normalized spacial score (nSPS) is 11.0. The van der Waals surface area contributed by atoms with Crippen molar-refractivity contribution in [2.45, 2.75) is 18.4 Å². The van der Waals surface area contributed by atoms with Crippen molar-refractivity contribution < 1.29 is 0 Å². The second kappa shape index (κ2) is 8.59. The fourth-order valence-electron chi connectivity index (χ4n) is 2.83. The Hall–Kier alpha value is -2.97. The molecule has 0 saturated carbocycles. The molecule has 7 nitrogen and oxygen atoms in total. The monoisotopic (exact) mass is 424 g/mol. The molecule has 4 rings (SSSR count). The van der Waals surface area contributed by atoms with Crippen molar-refractivity contribution in [1.82, 2.24) is 24.5 Å². The van der Waals surface area contributed by atoms with E-state index in [1.165, 1.54) is 10.8 Å². The van der Waals surface area contributed by atoms with Gasteiger partial charge in [-0.05, 0) is 41.6 Å². The minimum absolute atomic E-state index is 0.0540. The Kier molecular flexibility index (Phi) is 5.73. The lowest BCUT2D eigenvalue weighted by molar-refractivity contribution is 0.953. The summed E-state index contributed by atoms with van der Waals surface area (Å²) in [6.45, 7) is 2.47. The van der Waals surface area contributed by atoms with E-state index < -0.39 is 0 Å². The van der Waals surface area contributed by atoms with Gasteiger partial charge in [-0.15, -0.1) is 11.8 Å². The summed E-state index contributed by atoms with van der Waals surface area (Å²) in [5, 5.41) is 3.15. The zero-order chi connectivity index (χ0) is 20.2. The maximum absolute atomic E-state index is 13.2. The molecule has 0 spiro atoms. The maximum Gasteiger partial charge on any atom is 0.299 e. The van der Waals surface area contributed by atoms with Crippen LogP contribution in [0.1, 0.15) is 12.6 Å². The molecular weight excluding hydrogens is 408 g/mol. The van der Waals surface area contributed by atoms with Crippen LogP contribution in [0.25, 0.3) is 16.9 Å². The van der Waals surface area contributed by atoms with Crippen molar-refractivity contribution in [2.75, 3.05) is 11.1 Å². The molecule has 0 bridgehead atoms. The molecule has 1 aromatic carbocycles. The lowest BCUT2D eigenvalue weighted by Gasteiger charge is -2.12. The Bertz CT molecular complexity index is 1200. The third kappa shape index (κ3) is 4.23. The zero-order valence-corrected chi connectivity index (χ0v) is 17.1. The predicted octanol–water partition coefficient (Wildman–Crippen LogP) is 3.95. The second-order valence-electron chi connectivity index (χ2n) is 6.06.